The molecular formula is C19H24N4O3. The minimum atomic E-state index is -0.609. The Labute approximate surface area is 153 Å². The van der Waals surface area contributed by atoms with Crippen LogP contribution in [0.25, 0.3) is 0 Å². The molecule has 0 aliphatic rings. The number of alkyl carbamates (subject to hydrolysis) is 1. The standard InChI is InChI=1S/C19H24N4O3/c20-16(18(24)23-17-11-5-7-12-21-17)10-4-6-13-22-19(25)26-14-15-8-2-1-3-9-15/h1-3,5,7-9,11-12,16H,4,6,10,13-14,20H2,(H,22,25)(H,21,23,24)/t16-/m0/s1. The van der Waals surface area contributed by atoms with Crippen LogP contribution in [0.1, 0.15) is 24.8 Å². The Bertz CT molecular complexity index is 680. The van der Waals surface area contributed by atoms with Gasteiger partial charge in [0.05, 0.1) is 6.04 Å². The van der Waals surface area contributed by atoms with E-state index in [2.05, 4.69) is 15.6 Å². The number of hydrogen-bond acceptors (Lipinski definition) is 5. The van der Waals surface area contributed by atoms with Gasteiger partial charge in [0.2, 0.25) is 5.91 Å². The van der Waals surface area contributed by atoms with E-state index in [1.54, 1.807) is 24.4 Å². The van der Waals surface area contributed by atoms with Crippen LogP contribution in [-0.2, 0) is 16.1 Å². The Morgan fingerprint density at radius 2 is 1.85 bits per heavy atom. The van der Waals surface area contributed by atoms with Gasteiger partial charge >= 0.3 is 6.09 Å². The number of nitrogens with zero attached hydrogens (tertiary/aromatic N) is 1. The van der Waals surface area contributed by atoms with Crippen molar-refractivity contribution in [2.45, 2.75) is 31.9 Å². The van der Waals surface area contributed by atoms with Gasteiger partial charge in [-0.3, -0.25) is 4.79 Å². The molecule has 0 aliphatic carbocycles. The Kier molecular flexibility index (Phi) is 8.08. The van der Waals surface area contributed by atoms with Gasteiger partial charge in [-0.1, -0.05) is 36.4 Å². The molecule has 2 aromatic rings. The van der Waals surface area contributed by atoms with Gasteiger partial charge < -0.3 is 21.1 Å². The fourth-order valence-corrected chi connectivity index (χ4v) is 2.24. The fraction of sp³-hybridized carbons (Fsp3) is 0.316. The second kappa shape index (κ2) is 10.8. The highest BCUT2D eigenvalue weighted by molar-refractivity contribution is 5.93. The summed E-state index contributed by atoms with van der Waals surface area (Å²) < 4.78 is 5.11. The zero-order valence-corrected chi connectivity index (χ0v) is 14.6. The van der Waals surface area contributed by atoms with E-state index in [4.69, 9.17) is 10.5 Å². The Balaban J connectivity index is 1.54. The lowest BCUT2D eigenvalue weighted by Gasteiger charge is -2.12. The van der Waals surface area contributed by atoms with E-state index in [0.29, 0.717) is 25.2 Å². The first kappa shape index (κ1) is 19.4. The largest absolute Gasteiger partial charge is 0.445 e. The topological polar surface area (TPSA) is 106 Å². The number of amides is 2. The van der Waals surface area contributed by atoms with Gasteiger partial charge in [-0.25, -0.2) is 9.78 Å². The molecule has 1 atom stereocenters. The summed E-state index contributed by atoms with van der Waals surface area (Å²) >= 11 is 0. The maximum Gasteiger partial charge on any atom is 0.407 e. The van der Waals surface area contributed by atoms with Crippen LogP contribution in [0.5, 0.6) is 0 Å². The van der Waals surface area contributed by atoms with Gasteiger partial charge in [-0.15, -0.1) is 0 Å². The second-order valence-electron chi connectivity index (χ2n) is 5.80. The fourth-order valence-electron chi connectivity index (χ4n) is 2.24. The van der Waals surface area contributed by atoms with E-state index in [1.165, 1.54) is 0 Å². The lowest BCUT2D eigenvalue weighted by Crippen LogP contribution is -2.36. The van der Waals surface area contributed by atoms with Gasteiger partial charge in [0.15, 0.2) is 0 Å². The van der Waals surface area contributed by atoms with Crippen molar-refractivity contribution in [3.8, 4) is 0 Å². The highest BCUT2D eigenvalue weighted by Crippen LogP contribution is 2.04. The molecule has 1 aromatic heterocycles. The van der Waals surface area contributed by atoms with Crippen molar-refractivity contribution in [2.75, 3.05) is 11.9 Å². The van der Waals surface area contributed by atoms with E-state index >= 15 is 0 Å². The predicted octanol–water partition coefficient (Wildman–Crippen LogP) is 2.44. The summed E-state index contributed by atoms with van der Waals surface area (Å²) in [5.74, 6) is 0.217. The third kappa shape index (κ3) is 7.31. The minimum absolute atomic E-state index is 0.241. The quantitative estimate of drug-likeness (QED) is 0.598. The third-order valence-corrected chi connectivity index (χ3v) is 3.68. The molecule has 7 nitrogen and oxygen atoms in total. The molecule has 0 unspecified atom stereocenters. The van der Waals surface area contributed by atoms with Crippen LogP contribution >= 0.6 is 0 Å². The molecule has 26 heavy (non-hydrogen) atoms. The number of aromatic nitrogens is 1. The lowest BCUT2D eigenvalue weighted by atomic mass is 10.1. The van der Waals surface area contributed by atoms with Crippen molar-refractivity contribution in [1.82, 2.24) is 10.3 Å². The number of benzene rings is 1. The molecule has 1 aromatic carbocycles. The molecule has 0 radical (unpaired) electrons. The molecule has 0 fully saturated rings. The monoisotopic (exact) mass is 356 g/mol. The van der Waals surface area contributed by atoms with Gasteiger partial charge in [0, 0.05) is 12.7 Å². The zero-order valence-electron chi connectivity index (χ0n) is 14.6. The highest BCUT2D eigenvalue weighted by atomic mass is 16.5. The van der Waals surface area contributed by atoms with E-state index in [0.717, 1.165) is 12.0 Å². The molecule has 2 amide bonds. The average molecular weight is 356 g/mol. The van der Waals surface area contributed by atoms with Crippen LogP contribution in [0.15, 0.2) is 54.7 Å². The van der Waals surface area contributed by atoms with Crippen LogP contribution in [0, 0.1) is 0 Å². The Morgan fingerprint density at radius 1 is 1.08 bits per heavy atom. The number of carbonyl (C=O) groups is 2. The van der Waals surface area contributed by atoms with Crippen molar-refractivity contribution in [3.63, 3.8) is 0 Å². The summed E-state index contributed by atoms with van der Waals surface area (Å²) in [6, 6.07) is 14.1. The molecule has 2 rings (SSSR count). The number of hydrogen-bond donors (Lipinski definition) is 3. The summed E-state index contributed by atoms with van der Waals surface area (Å²) in [4.78, 5) is 27.6. The molecule has 138 valence electrons. The van der Waals surface area contributed by atoms with Gasteiger partial charge in [-0.05, 0) is 37.0 Å². The third-order valence-electron chi connectivity index (χ3n) is 3.68. The molecule has 0 aliphatic heterocycles. The van der Waals surface area contributed by atoms with Crippen molar-refractivity contribution in [2.24, 2.45) is 5.73 Å². The van der Waals surface area contributed by atoms with Crippen LogP contribution in [-0.4, -0.2) is 29.6 Å². The molecule has 1 heterocycles. The maximum atomic E-state index is 11.9. The number of ether oxygens (including phenoxy) is 1. The molecule has 0 bridgehead atoms. The molecule has 0 spiro atoms. The number of carbonyl (C=O) groups excluding carboxylic acids is 2. The highest BCUT2D eigenvalue weighted by Gasteiger charge is 2.13. The molecule has 0 saturated carbocycles. The number of unbranched alkanes of at least 4 members (excludes halogenated alkanes) is 1. The van der Waals surface area contributed by atoms with E-state index in [9.17, 15) is 9.59 Å². The van der Waals surface area contributed by atoms with Crippen molar-refractivity contribution in [1.29, 1.82) is 0 Å². The number of nitrogens with two attached hydrogens (primary N) is 1. The van der Waals surface area contributed by atoms with Crippen LogP contribution in [0.3, 0.4) is 0 Å². The Morgan fingerprint density at radius 3 is 2.58 bits per heavy atom. The summed E-state index contributed by atoms with van der Waals surface area (Å²) in [6.07, 6.45) is 3.11. The van der Waals surface area contributed by atoms with Crippen LogP contribution < -0.4 is 16.4 Å². The van der Waals surface area contributed by atoms with E-state index in [1.807, 2.05) is 30.3 Å². The van der Waals surface area contributed by atoms with Crippen molar-refractivity contribution >= 4 is 17.8 Å². The molecular weight excluding hydrogens is 332 g/mol. The smallest absolute Gasteiger partial charge is 0.407 e. The van der Waals surface area contributed by atoms with Gasteiger partial charge in [0.25, 0.3) is 0 Å². The first-order chi connectivity index (χ1) is 12.6. The van der Waals surface area contributed by atoms with Crippen molar-refractivity contribution in [3.05, 3.63) is 60.3 Å². The first-order valence-electron chi connectivity index (χ1n) is 8.57. The SMILES string of the molecule is N[C@@H](CCCCNC(=O)OCc1ccccc1)C(=O)Nc1ccccn1. The number of anilines is 1. The zero-order chi connectivity index (χ0) is 18.6. The van der Waals surface area contributed by atoms with Crippen LogP contribution in [0.2, 0.25) is 0 Å². The van der Waals surface area contributed by atoms with Crippen LogP contribution in [0.4, 0.5) is 10.6 Å². The van der Waals surface area contributed by atoms with Crippen molar-refractivity contribution < 1.29 is 14.3 Å². The molecule has 7 heteroatoms. The molecule has 0 saturated heterocycles. The second-order valence-corrected chi connectivity index (χ2v) is 5.80. The summed E-state index contributed by atoms with van der Waals surface area (Å²) in [5, 5.41) is 5.35. The number of nitrogens with one attached hydrogen (secondary N) is 2. The number of rotatable bonds is 9. The van der Waals surface area contributed by atoms with E-state index < -0.39 is 12.1 Å². The Hall–Kier alpha value is -2.93. The van der Waals surface area contributed by atoms with Gasteiger partial charge in [0.1, 0.15) is 12.4 Å². The average Bonchev–Trinajstić information content (AvgIpc) is 2.67. The lowest BCUT2D eigenvalue weighted by molar-refractivity contribution is -0.117. The summed E-state index contributed by atoms with van der Waals surface area (Å²) in [6.45, 7) is 0.716. The predicted molar refractivity (Wildman–Crippen MR) is 99.3 cm³/mol. The van der Waals surface area contributed by atoms with E-state index in [-0.39, 0.29) is 12.5 Å². The van der Waals surface area contributed by atoms with Gasteiger partial charge in [-0.2, -0.15) is 0 Å². The minimum Gasteiger partial charge on any atom is -0.445 e. The normalized spacial score (nSPS) is 11.4. The molecule has 4 N–H and O–H groups in total. The summed E-state index contributed by atoms with van der Waals surface area (Å²) in [5.41, 5.74) is 6.80. The maximum absolute atomic E-state index is 11.9. The number of pyridine rings is 1. The summed E-state index contributed by atoms with van der Waals surface area (Å²) in [7, 11) is 0. The first-order valence-corrected chi connectivity index (χ1v) is 8.57.